The Bertz CT molecular complexity index is 210. The van der Waals surface area contributed by atoms with Crippen LogP contribution in [0.1, 0.15) is 33.6 Å². The molecule has 88 valence electrons. The molecule has 0 spiro atoms. The fourth-order valence-electron chi connectivity index (χ4n) is 1.68. The maximum atomic E-state index is 11.6. The predicted octanol–water partition coefficient (Wildman–Crippen LogP) is 1.10. The first-order chi connectivity index (χ1) is 7.06. The van der Waals surface area contributed by atoms with Gasteiger partial charge in [0.05, 0.1) is 12.7 Å². The lowest BCUT2D eigenvalue weighted by atomic mass is 10.1. The molecule has 0 aromatic heterocycles. The zero-order valence-electron chi connectivity index (χ0n) is 9.84. The van der Waals surface area contributed by atoms with Crippen LogP contribution in [-0.2, 0) is 14.3 Å². The van der Waals surface area contributed by atoms with Crippen LogP contribution in [0, 0.1) is 0 Å². The van der Waals surface area contributed by atoms with Gasteiger partial charge in [-0.15, -0.1) is 0 Å². The highest BCUT2D eigenvalue weighted by atomic mass is 16.6. The summed E-state index contributed by atoms with van der Waals surface area (Å²) in [4.78, 5) is 11.6. The molecule has 1 fully saturated rings. The Kier molecular flexibility index (Phi) is 4.54. The maximum absolute atomic E-state index is 11.6. The molecule has 0 unspecified atom stereocenters. The molecule has 1 heterocycles. The third kappa shape index (κ3) is 3.80. The second-order valence-corrected chi connectivity index (χ2v) is 4.30. The third-order valence-corrected chi connectivity index (χ3v) is 2.51. The monoisotopic (exact) mass is 215 g/mol. The van der Waals surface area contributed by atoms with Crippen LogP contribution in [0.25, 0.3) is 0 Å². The van der Waals surface area contributed by atoms with Gasteiger partial charge < -0.3 is 14.8 Å². The van der Waals surface area contributed by atoms with Crippen molar-refractivity contribution in [1.29, 1.82) is 0 Å². The largest absolute Gasteiger partial charge is 0.464 e. The van der Waals surface area contributed by atoms with Crippen LogP contribution in [0.3, 0.4) is 0 Å². The highest BCUT2D eigenvalue weighted by molar-refractivity contribution is 5.78. The molecule has 1 saturated heterocycles. The van der Waals surface area contributed by atoms with Crippen LogP contribution in [0.2, 0.25) is 0 Å². The van der Waals surface area contributed by atoms with Crippen LogP contribution >= 0.6 is 0 Å². The lowest BCUT2D eigenvalue weighted by Gasteiger charge is -2.31. The van der Waals surface area contributed by atoms with Crippen molar-refractivity contribution in [2.75, 3.05) is 19.7 Å². The average Bonchev–Trinajstić information content (AvgIpc) is 2.19. The minimum atomic E-state index is -0.821. The number of rotatable bonds is 4. The van der Waals surface area contributed by atoms with Gasteiger partial charge in [-0.2, -0.15) is 0 Å². The lowest BCUT2D eigenvalue weighted by molar-refractivity contribution is -0.175. The number of carbonyl (C=O) groups excluding carboxylic acids is 1. The van der Waals surface area contributed by atoms with Crippen molar-refractivity contribution in [2.45, 2.75) is 45.3 Å². The fraction of sp³-hybridized carbons (Fsp3) is 0.909. The van der Waals surface area contributed by atoms with E-state index in [1.807, 2.05) is 0 Å². The van der Waals surface area contributed by atoms with Gasteiger partial charge in [0.1, 0.15) is 0 Å². The Morgan fingerprint density at radius 3 is 2.53 bits per heavy atom. The Morgan fingerprint density at radius 2 is 2.00 bits per heavy atom. The topological polar surface area (TPSA) is 47.6 Å². The molecule has 0 amide bonds. The van der Waals surface area contributed by atoms with E-state index in [1.165, 1.54) is 0 Å². The summed E-state index contributed by atoms with van der Waals surface area (Å²) in [6, 6.07) is 0. The van der Waals surface area contributed by atoms with Crippen LogP contribution in [-0.4, -0.2) is 37.4 Å². The van der Waals surface area contributed by atoms with E-state index in [9.17, 15) is 4.79 Å². The SMILES string of the molecule is CCOC(=O)C(C)(C)OC1CCNCC1. The molecule has 15 heavy (non-hydrogen) atoms. The van der Waals surface area contributed by atoms with Crippen LogP contribution < -0.4 is 5.32 Å². The first kappa shape index (κ1) is 12.5. The number of carbonyl (C=O) groups is 1. The number of hydrogen-bond acceptors (Lipinski definition) is 4. The number of ether oxygens (including phenoxy) is 2. The van der Waals surface area contributed by atoms with Crippen molar-refractivity contribution in [3.05, 3.63) is 0 Å². The molecule has 0 bridgehead atoms. The minimum absolute atomic E-state index is 0.172. The lowest BCUT2D eigenvalue weighted by Crippen LogP contribution is -2.43. The van der Waals surface area contributed by atoms with E-state index in [0.717, 1.165) is 25.9 Å². The molecule has 0 aromatic rings. The second kappa shape index (κ2) is 5.47. The summed E-state index contributed by atoms with van der Waals surface area (Å²) in [7, 11) is 0. The van der Waals surface area contributed by atoms with Gasteiger partial charge in [0.2, 0.25) is 0 Å². The number of hydrogen-bond donors (Lipinski definition) is 1. The van der Waals surface area contributed by atoms with E-state index in [-0.39, 0.29) is 12.1 Å². The summed E-state index contributed by atoms with van der Waals surface area (Å²) in [5.74, 6) is -0.275. The van der Waals surface area contributed by atoms with E-state index in [1.54, 1.807) is 20.8 Å². The Hall–Kier alpha value is -0.610. The van der Waals surface area contributed by atoms with Gasteiger partial charge in [0, 0.05) is 0 Å². The predicted molar refractivity (Wildman–Crippen MR) is 57.7 cm³/mol. The van der Waals surface area contributed by atoms with Crippen molar-refractivity contribution >= 4 is 5.97 Å². The van der Waals surface area contributed by atoms with E-state index < -0.39 is 5.60 Å². The van der Waals surface area contributed by atoms with Crippen LogP contribution in [0.15, 0.2) is 0 Å². The molecule has 1 aliphatic heterocycles. The van der Waals surface area contributed by atoms with Gasteiger partial charge >= 0.3 is 5.97 Å². The summed E-state index contributed by atoms with van der Waals surface area (Å²) in [6.07, 6.45) is 2.09. The number of piperidine rings is 1. The summed E-state index contributed by atoms with van der Waals surface area (Å²) >= 11 is 0. The van der Waals surface area contributed by atoms with E-state index in [4.69, 9.17) is 9.47 Å². The van der Waals surface area contributed by atoms with Crippen molar-refractivity contribution < 1.29 is 14.3 Å². The molecule has 0 atom stereocenters. The van der Waals surface area contributed by atoms with Gasteiger partial charge in [0.15, 0.2) is 5.60 Å². The average molecular weight is 215 g/mol. The highest BCUT2D eigenvalue weighted by Gasteiger charge is 2.33. The number of esters is 1. The molecule has 1 rings (SSSR count). The molecule has 4 nitrogen and oxygen atoms in total. The molecular formula is C11H21NO3. The Labute approximate surface area is 91.3 Å². The molecule has 0 radical (unpaired) electrons. The van der Waals surface area contributed by atoms with Crippen molar-refractivity contribution in [3.8, 4) is 0 Å². The summed E-state index contributed by atoms with van der Waals surface area (Å²) < 4.78 is 10.7. The third-order valence-electron chi connectivity index (χ3n) is 2.51. The summed E-state index contributed by atoms with van der Waals surface area (Å²) in [5, 5.41) is 3.26. The maximum Gasteiger partial charge on any atom is 0.337 e. The van der Waals surface area contributed by atoms with Crippen LogP contribution in [0.5, 0.6) is 0 Å². The number of nitrogens with one attached hydrogen (secondary N) is 1. The van der Waals surface area contributed by atoms with Gasteiger partial charge in [-0.1, -0.05) is 0 Å². The van der Waals surface area contributed by atoms with Gasteiger partial charge in [-0.05, 0) is 46.7 Å². The van der Waals surface area contributed by atoms with E-state index in [2.05, 4.69) is 5.32 Å². The summed E-state index contributed by atoms with van der Waals surface area (Å²) in [6.45, 7) is 7.67. The molecule has 0 aromatic carbocycles. The first-order valence-electron chi connectivity index (χ1n) is 5.62. The highest BCUT2D eigenvalue weighted by Crippen LogP contribution is 2.19. The van der Waals surface area contributed by atoms with Crippen molar-refractivity contribution in [3.63, 3.8) is 0 Å². The van der Waals surface area contributed by atoms with Gasteiger partial charge in [0.25, 0.3) is 0 Å². The second-order valence-electron chi connectivity index (χ2n) is 4.30. The molecule has 1 aliphatic rings. The zero-order valence-corrected chi connectivity index (χ0v) is 9.84. The fourth-order valence-corrected chi connectivity index (χ4v) is 1.68. The summed E-state index contributed by atoms with van der Waals surface area (Å²) in [5.41, 5.74) is -0.821. The minimum Gasteiger partial charge on any atom is -0.464 e. The van der Waals surface area contributed by atoms with Gasteiger partial charge in [-0.25, -0.2) is 4.79 Å². The quantitative estimate of drug-likeness (QED) is 0.713. The van der Waals surface area contributed by atoms with E-state index >= 15 is 0 Å². The molecule has 0 aliphatic carbocycles. The zero-order chi connectivity index (χ0) is 11.3. The standard InChI is InChI=1S/C11H21NO3/c1-4-14-10(13)11(2,3)15-9-5-7-12-8-6-9/h9,12H,4-8H2,1-3H3. The normalized spacial score (nSPS) is 18.9. The molecule has 0 saturated carbocycles. The first-order valence-corrected chi connectivity index (χ1v) is 5.62. The molecular weight excluding hydrogens is 194 g/mol. The Balaban J connectivity index is 2.42. The van der Waals surface area contributed by atoms with Crippen molar-refractivity contribution in [2.24, 2.45) is 0 Å². The van der Waals surface area contributed by atoms with Crippen LogP contribution in [0.4, 0.5) is 0 Å². The smallest absolute Gasteiger partial charge is 0.337 e. The van der Waals surface area contributed by atoms with E-state index in [0.29, 0.717) is 6.61 Å². The van der Waals surface area contributed by atoms with Crippen molar-refractivity contribution in [1.82, 2.24) is 5.32 Å². The molecule has 4 heteroatoms. The molecule has 1 N–H and O–H groups in total. The Morgan fingerprint density at radius 1 is 1.40 bits per heavy atom. The van der Waals surface area contributed by atoms with Gasteiger partial charge in [-0.3, -0.25) is 0 Å².